The largest absolute Gasteiger partial charge is 0.464 e. The third-order valence-electron chi connectivity index (χ3n) is 5.00. The van der Waals surface area contributed by atoms with Crippen molar-refractivity contribution in [2.75, 3.05) is 0 Å². The molecule has 4 aromatic rings. The number of aromatic nitrogens is 2. The van der Waals surface area contributed by atoms with Crippen LogP contribution in [0.5, 0.6) is 0 Å². The van der Waals surface area contributed by atoms with Gasteiger partial charge in [-0.3, -0.25) is 25.2 Å². The lowest BCUT2D eigenvalue weighted by Crippen LogP contribution is -2.43. The number of hydrogen-bond donors (Lipinski definition) is 2. The fourth-order valence-corrected chi connectivity index (χ4v) is 3.50. The Hall–Kier alpha value is -3.94. The summed E-state index contributed by atoms with van der Waals surface area (Å²) in [7, 11) is 0. The molecule has 0 atom stereocenters. The second-order valence-electron chi connectivity index (χ2n) is 7.36. The summed E-state index contributed by atoms with van der Waals surface area (Å²) in [5.74, 6) is -0.995. The summed E-state index contributed by atoms with van der Waals surface area (Å²) in [5.41, 5.74) is 7.14. The fourth-order valence-electron chi connectivity index (χ4n) is 3.50. The smallest absolute Gasteiger partial charge is 0.290 e. The molecule has 4 rings (SSSR count). The summed E-state index contributed by atoms with van der Waals surface area (Å²) >= 11 is 0. The highest BCUT2D eigenvalue weighted by molar-refractivity contribution is 6.05. The molecule has 8 nitrogen and oxygen atoms in total. The normalized spacial score (nSPS) is 11.0. The molecule has 2 aromatic heterocycles. The van der Waals surface area contributed by atoms with Crippen LogP contribution in [0.25, 0.3) is 21.7 Å². The van der Waals surface area contributed by atoms with E-state index in [0.717, 1.165) is 16.5 Å². The maximum Gasteiger partial charge on any atom is 0.290 e. The summed E-state index contributed by atoms with van der Waals surface area (Å²) in [6.07, 6.45) is 2.28. The van der Waals surface area contributed by atoms with Crippen molar-refractivity contribution in [1.82, 2.24) is 20.6 Å². The second-order valence-corrected chi connectivity index (χ2v) is 7.36. The molecular weight excluding hydrogens is 396 g/mol. The summed E-state index contributed by atoms with van der Waals surface area (Å²) in [6.45, 7) is 4.28. The SMILES string of the molecule is CCCn1nc(C(=O)NNC(=O)Cc2coc3cc(C)ccc23)c2ccccc2c1=O. The molecule has 0 aliphatic heterocycles. The van der Waals surface area contributed by atoms with E-state index in [1.165, 1.54) is 4.68 Å². The Labute approximate surface area is 177 Å². The van der Waals surface area contributed by atoms with Crippen LogP contribution in [0, 0.1) is 6.92 Å². The first-order valence-electron chi connectivity index (χ1n) is 10.0. The molecule has 2 N–H and O–H groups in total. The van der Waals surface area contributed by atoms with Crippen molar-refractivity contribution in [2.24, 2.45) is 0 Å². The zero-order valence-electron chi connectivity index (χ0n) is 17.3. The quantitative estimate of drug-likeness (QED) is 0.485. The number of rotatable bonds is 5. The van der Waals surface area contributed by atoms with Crippen LogP contribution in [-0.4, -0.2) is 21.6 Å². The Morgan fingerprint density at radius 2 is 1.84 bits per heavy atom. The molecule has 2 aromatic carbocycles. The lowest BCUT2D eigenvalue weighted by Gasteiger charge is -2.11. The fraction of sp³-hybridized carbons (Fsp3) is 0.217. The van der Waals surface area contributed by atoms with Gasteiger partial charge in [0.2, 0.25) is 5.91 Å². The highest BCUT2D eigenvalue weighted by Gasteiger charge is 2.17. The Kier molecular flexibility index (Phi) is 5.53. The van der Waals surface area contributed by atoms with Crippen LogP contribution in [0.4, 0.5) is 0 Å². The van der Waals surface area contributed by atoms with Gasteiger partial charge >= 0.3 is 0 Å². The molecule has 0 saturated heterocycles. The molecule has 0 fully saturated rings. The number of fused-ring (bicyclic) bond motifs is 2. The molecular formula is C23H22N4O4. The average Bonchev–Trinajstić information content (AvgIpc) is 3.15. The van der Waals surface area contributed by atoms with Crippen molar-refractivity contribution < 1.29 is 14.0 Å². The Morgan fingerprint density at radius 1 is 1.06 bits per heavy atom. The van der Waals surface area contributed by atoms with Crippen molar-refractivity contribution >= 4 is 33.6 Å². The topological polar surface area (TPSA) is 106 Å². The van der Waals surface area contributed by atoms with E-state index in [4.69, 9.17) is 4.42 Å². The number of carbonyl (C=O) groups excluding carboxylic acids is 2. The van der Waals surface area contributed by atoms with Crippen molar-refractivity contribution in [3.8, 4) is 0 Å². The van der Waals surface area contributed by atoms with E-state index in [0.29, 0.717) is 29.3 Å². The standard InChI is InChI=1S/C23H22N4O4/c1-3-10-27-23(30)18-7-5-4-6-17(18)21(26-27)22(29)25-24-20(28)12-15-13-31-19-11-14(2)8-9-16(15)19/h4-9,11,13H,3,10,12H2,1-2H3,(H,24,28)(H,25,29). The first-order chi connectivity index (χ1) is 15.0. The van der Waals surface area contributed by atoms with Gasteiger partial charge in [0.15, 0.2) is 5.69 Å². The summed E-state index contributed by atoms with van der Waals surface area (Å²) in [6, 6.07) is 12.5. The van der Waals surface area contributed by atoms with E-state index in [1.54, 1.807) is 30.5 Å². The zero-order valence-corrected chi connectivity index (χ0v) is 17.3. The molecule has 0 unspecified atom stereocenters. The van der Waals surface area contributed by atoms with Gasteiger partial charge in [-0.05, 0) is 31.0 Å². The van der Waals surface area contributed by atoms with Crippen LogP contribution in [0.2, 0.25) is 0 Å². The van der Waals surface area contributed by atoms with Crippen LogP contribution in [-0.2, 0) is 17.8 Å². The Bertz CT molecular complexity index is 1350. The van der Waals surface area contributed by atoms with Gasteiger partial charge in [0.05, 0.1) is 18.1 Å². The molecule has 0 spiro atoms. The van der Waals surface area contributed by atoms with Gasteiger partial charge in [0.1, 0.15) is 5.58 Å². The minimum Gasteiger partial charge on any atom is -0.464 e. The summed E-state index contributed by atoms with van der Waals surface area (Å²) in [4.78, 5) is 37.7. The first kappa shape index (κ1) is 20.3. The Balaban J connectivity index is 1.52. The van der Waals surface area contributed by atoms with E-state index in [2.05, 4.69) is 16.0 Å². The average molecular weight is 418 g/mol. The van der Waals surface area contributed by atoms with E-state index >= 15 is 0 Å². The molecule has 158 valence electrons. The first-order valence-corrected chi connectivity index (χ1v) is 10.0. The van der Waals surface area contributed by atoms with Crippen LogP contribution in [0.1, 0.15) is 35.0 Å². The third kappa shape index (κ3) is 4.05. The van der Waals surface area contributed by atoms with Crippen molar-refractivity contribution in [3.63, 3.8) is 0 Å². The number of amides is 2. The maximum absolute atomic E-state index is 12.8. The van der Waals surface area contributed by atoms with Gasteiger partial charge in [0.25, 0.3) is 11.5 Å². The lowest BCUT2D eigenvalue weighted by molar-refractivity contribution is -0.121. The van der Waals surface area contributed by atoms with E-state index in [9.17, 15) is 14.4 Å². The van der Waals surface area contributed by atoms with Gasteiger partial charge in [-0.1, -0.05) is 37.3 Å². The molecule has 2 heterocycles. The predicted molar refractivity (Wildman–Crippen MR) is 117 cm³/mol. The molecule has 0 aliphatic rings. The van der Waals surface area contributed by atoms with Gasteiger partial charge in [0, 0.05) is 22.9 Å². The monoisotopic (exact) mass is 418 g/mol. The number of carbonyl (C=O) groups is 2. The number of nitrogens with one attached hydrogen (secondary N) is 2. The zero-order chi connectivity index (χ0) is 22.0. The van der Waals surface area contributed by atoms with E-state index in [-0.39, 0.29) is 17.7 Å². The molecule has 31 heavy (non-hydrogen) atoms. The molecule has 0 radical (unpaired) electrons. The number of furan rings is 1. The highest BCUT2D eigenvalue weighted by atomic mass is 16.3. The minimum atomic E-state index is -0.595. The van der Waals surface area contributed by atoms with Crippen LogP contribution < -0.4 is 16.4 Å². The number of hydrazine groups is 1. The third-order valence-corrected chi connectivity index (χ3v) is 5.00. The molecule has 2 amide bonds. The van der Waals surface area contributed by atoms with Crippen LogP contribution >= 0.6 is 0 Å². The summed E-state index contributed by atoms with van der Waals surface area (Å²) in [5, 5.41) is 5.91. The Morgan fingerprint density at radius 3 is 2.61 bits per heavy atom. The van der Waals surface area contributed by atoms with E-state index < -0.39 is 11.8 Å². The van der Waals surface area contributed by atoms with Crippen molar-refractivity contribution in [1.29, 1.82) is 0 Å². The van der Waals surface area contributed by atoms with Gasteiger partial charge in [-0.2, -0.15) is 5.10 Å². The predicted octanol–water partition coefficient (Wildman–Crippen LogP) is 2.86. The number of hydrogen-bond acceptors (Lipinski definition) is 5. The van der Waals surface area contributed by atoms with Crippen LogP contribution in [0.15, 0.2) is 57.9 Å². The van der Waals surface area contributed by atoms with Crippen molar-refractivity contribution in [3.05, 3.63) is 75.9 Å². The van der Waals surface area contributed by atoms with Crippen molar-refractivity contribution in [2.45, 2.75) is 33.2 Å². The summed E-state index contributed by atoms with van der Waals surface area (Å²) < 4.78 is 6.79. The van der Waals surface area contributed by atoms with Gasteiger partial charge < -0.3 is 4.42 Å². The molecule has 0 bridgehead atoms. The lowest BCUT2D eigenvalue weighted by atomic mass is 10.1. The number of aryl methyl sites for hydroxylation is 2. The molecule has 8 heteroatoms. The van der Waals surface area contributed by atoms with Gasteiger partial charge in [-0.25, -0.2) is 4.68 Å². The maximum atomic E-state index is 12.8. The minimum absolute atomic E-state index is 0.0415. The second kappa shape index (κ2) is 8.43. The molecule has 0 saturated carbocycles. The number of nitrogens with zero attached hydrogens (tertiary/aromatic N) is 2. The van der Waals surface area contributed by atoms with Gasteiger partial charge in [-0.15, -0.1) is 0 Å². The molecule has 0 aliphatic carbocycles. The van der Waals surface area contributed by atoms with E-state index in [1.807, 2.05) is 32.0 Å². The highest BCUT2D eigenvalue weighted by Crippen LogP contribution is 2.22. The number of benzene rings is 2. The van der Waals surface area contributed by atoms with Crippen LogP contribution in [0.3, 0.4) is 0 Å².